The van der Waals surface area contributed by atoms with Crippen molar-refractivity contribution in [2.75, 3.05) is 6.54 Å². The molecule has 0 spiro atoms. The number of nitro benzene ring substituents is 1. The quantitative estimate of drug-likeness (QED) is 0.369. The highest BCUT2D eigenvalue weighted by Gasteiger charge is 2.17. The van der Waals surface area contributed by atoms with Crippen LogP contribution in [0.5, 0.6) is 0 Å². The Hall–Kier alpha value is -2.33. The first-order valence-electron chi connectivity index (χ1n) is 7.88. The molecular weight excluding hydrogens is 348 g/mol. The van der Waals surface area contributed by atoms with Gasteiger partial charge in [0.05, 0.1) is 16.4 Å². The standard InChI is InChI=1S/C15H22N4O5S/c1-3-5-6-12(4-2)17-18-15(20)11-16-25(23,24)14-9-7-13(8-10-14)19(21)22/h7-10,16H,3-6,11H2,1-2H3,(H,18,20)/b17-12+. The molecular formula is C15H22N4O5S. The first kappa shape index (κ1) is 20.7. The molecule has 0 aliphatic carbocycles. The highest BCUT2D eigenvalue weighted by atomic mass is 32.2. The number of rotatable bonds is 10. The number of unbranched alkanes of at least 4 members (excludes halogenated alkanes) is 1. The highest BCUT2D eigenvalue weighted by Crippen LogP contribution is 2.15. The van der Waals surface area contributed by atoms with E-state index < -0.39 is 27.4 Å². The Bertz CT molecular complexity index is 729. The molecule has 1 aromatic rings. The van der Waals surface area contributed by atoms with Gasteiger partial charge in [0.25, 0.3) is 11.6 Å². The number of carbonyl (C=O) groups is 1. The van der Waals surface area contributed by atoms with Gasteiger partial charge in [0.1, 0.15) is 0 Å². The minimum Gasteiger partial charge on any atom is -0.272 e. The van der Waals surface area contributed by atoms with E-state index in [2.05, 4.69) is 22.2 Å². The van der Waals surface area contributed by atoms with Gasteiger partial charge in [-0.3, -0.25) is 14.9 Å². The van der Waals surface area contributed by atoms with Gasteiger partial charge in [-0.25, -0.2) is 18.6 Å². The summed E-state index contributed by atoms with van der Waals surface area (Å²) in [4.78, 5) is 21.5. The lowest BCUT2D eigenvalue weighted by Crippen LogP contribution is -2.35. The molecule has 1 aromatic carbocycles. The second-order valence-electron chi connectivity index (χ2n) is 5.25. The zero-order chi connectivity index (χ0) is 18.9. The van der Waals surface area contributed by atoms with Gasteiger partial charge in [-0.1, -0.05) is 20.3 Å². The van der Waals surface area contributed by atoms with E-state index in [1.807, 2.05) is 6.92 Å². The summed E-state index contributed by atoms with van der Waals surface area (Å²) in [5.74, 6) is -0.590. The number of amides is 1. The molecule has 0 fully saturated rings. The van der Waals surface area contributed by atoms with E-state index in [9.17, 15) is 23.3 Å². The Morgan fingerprint density at radius 2 is 1.88 bits per heavy atom. The van der Waals surface area contributed by atoms with Crippen LogP contribution in [0.15, 0.2) is 34.3 Å². The molecule has 138 valence electrons. The summed E-state index contributed by atoms with van der Waals surface area (Å²) in [5, 5.41) is 14.6. The van der Waals surface area contributed by atoms with Crippen LogP contribution in [0, 0.1) is 10.1 Å². The SMILES string of the molecule is CCCC/C(CC)=N/NC(=O)CNS(=O)(=O)c1ccc([N+](=O)[O-])cc1. The van der Waals surface area contributed by atoms with Crippen LogP contribution < -0.4 is 10.1 Å². The van der Waals surface area contributed by atoms with Gasteiger partial charge in [-0.15, -0.1) is 0 Å². The number of benzene rings is 1. The van der Waals surface area contributed by atoms with Gasteiger partial charge in [0.15, 0.2) is 0 Å². The lowest BCUT2D eigenvalue weighted by Gasteiger charge is -2.07. The molecule has 2 N–H and O–H groups in total. The van der Waals surface area contributed by atoms with Crippen LogP contribution in [0.1, 0.15) is 39.5 Å². The van der Waals surface area contributed by atoms with Gasteiger partial charge in [-0.05, 0) is 31.4 Å². The van der Waals surface area contributed by atoms with Crippen molar-refractivity contribution in [3.63, 3.8) is 0 Å². The van der Waals surface area contributed by atoms with E-state index in [1.165, 1.54) is 0 Å². The molecule has 0 unspecified atom stereocenters. The molecule has 0 atom stereocenters. The summed E-state index contributed by atoms with van der Waals surface area (Å²) >= 11 is 0. The summed E-state index contributed by atoms with van der Waals surface area (Å²) in [6.45, 7) is 3.50. The smallest absolute Gasteiger partial charge is 0.269 e. The third-order valence-electron chi connectivity index (χ3n) is 3.35. The largest absolute Gasteiger partial charge is 0.272 e. The number of hydrogen-bond acceptors (Lipinski definition) is 6. The minimum absolute atomic E-state index is 0.161. The first-order chi connectivity index (χ1) is 11.8. The van der Waals surface area contributed by atoms with E-state index in [4.69, 9.17) is 0 Å². The van der Waals surface area contributed by atoms with Crippen LogP contribution in [0.3, 0.4) is 0 Å². The summed E-state index contributed by atoms with van der Waals surface area (Å²) in [6, 6.07) is 4.38. The molecule has 25 heavy (non-hydrogen) atoms. The van der Waals surface area contributed by atoms with Crippen molar-refractivity contribution in [2.24, 2.45) is 5.10 Å². The maximum absolute atomic E-state index is 12.1. The van der Waals surface area contributed by atoms with Crippen LogP contribution in [-0.2, 0) is 14.8 Å². The Morgan fingerprint density at radius 3 is 2.40 bits per heavy atom. The predicted octanol–water partition coefficient (Wildman–Crippen LogP) is 1.95. The maximum Gasteiger partial charge on any atom is 0.269 e. The maximum atomic E-state index is 12.1. The number of carbonyl (C=O) groups excluding carboxylic acids is 1. The highest BCUT2D eigenvalue weighted by molar-refractivity contribution is 7.89. The Labute approximate surface area is 146 Å². The van der Waals surface area contributed by atoms with Crippen LogP contribution in [0.25, 0.3) is 0 Å². The molecule has 1 rings (SSSR count). The zero-order valence-electron chi connectivity index (χ0n) is 14.2. The van der Waals surface area contributed by atoms with Crippen LogP contribution >= 0.6 is 0 Å². The van der Waals surface area contributed by atoms with Crippen molar-refractivity contribution in [1.29, 1.82) is 0 Å². The molecule has 10 heteroatoms. The molecule has 0 aliphatic rings. The third kappa shape index (κ3) is 6.98. The van der Waals surface area contributed by atoms with Gasteiger partial charge < -0.3 is 0 Å². The van der Waals surface area contributed by atoms with Crippen molar-refractivity contribution < 1.29 is 18.1 Å². The summed E-state index contributed by atoms with van der Waals surface area (Å²) in [5.41, 5.74) is 2.95. The Morgan fingerprint density at radius 1 is 1.24 bits per heavy atom. The topological polar surface area (TPSA) is 131 Å². The summed E-state index contributed by atoms with van der Waals surface area (Å²) in [7, 11) is -3.94. The molecule has 9 nitrogen and oxygen atoms in total. The molecule has 0 saturated heterocycles. The number of nitrogens with one attached hydrogen (secondary N) is 2. The minimum atomic E-state index is -3.94. The molecule has 0 aliphatic heterocycles. The first-order valence-corrected chi connectivity index (χ1v) is 9.36. The number of nitrogens with zero attached hydrogens (tertiary/aromatic N) is 2. The molecule has 0 radical (unpaired) electrons. The van der Waals surface area contributed by atoms with Crippen molar-refractivity contribution in [3.05, 3.63) is 34.4 Å². The third-order valence-corrected chi connectivity index (χ3v) is 4.76. The van der Waals surface area contributed by atoms with Crippen LogP contribution in [0.4, 0.5) is 5.69 Å². The van der Waals surface area contributed by atoms with E-state index in [0.29, 0.717) is 6.42 Å². The molecule has 0 heterocycles. The van der Waals surface area contributed by atoms with Crippen molar-refractivity contribution in [2.45, 2.75) is 44.4 Å². The van der Waals surface area contributed by atoms with Crippen molar-refractivity contribution >= 4 is 27.3 Å². The van der Waals surface area contributed by atoms with Crippen molar-refractivity contribution in [1.82, 2.24) is 10.1 Å². The van der Waals surface area contributed by atoms with Gasteiger partial charge in [0.2, 0.25) is 10.0 Å². The number of hydrazone groups is 1. The summed E-state index contributed by atoms with van der Waals surface area (Å²) in [6.07, 6.45) is 3.47. The number of sulfonamides is 1. The van der Waals surface area contributed by atoms with E-state index in [1.54, 1.807) is 0 Å². The molecule has 0 aromatic heterocycles. The molecule has 1 amide bonds. The van der Waals surface area contributed by atoms with Crippen molar-refractivity contribution in [3.8, 4) is 0 Å². The molecule has 0 saturated carbocycles. The number of hydrogen-bond donors (Lipinski definition) is 2. The average molecular weight is 370 g/mol. The van der Waals surface area contributed by atoms with E-state index in [0.717, 1.165) is 49.2 Å². The Balaban J connectivity index is 2.61. The fraction of sp³-hybridized carbons (Fsp3) is 0.467. The van der Waals surface area contributed by atoms with Crippen LogP contribution in [0.2, 0.25) is 0 Å². The monoisotopic (exact) mass is 370 g/mol. The van der Waals surface area contributed by atoms with E-state index >= 15 is 0 Å². The average Bonchev–Trinajstić information content (AvgIpc) is 2.60. The van der Waals surface area contributed by atoms with E-state index in [-0.39, 0.29) is 10.6 Å². The second-order valence-corrected chi connectivity index (χ2v) is 7.01. The fourth-order valence-corrected chi connectivity index (χ4v) is 2.85. The van der Waals surface area contributed by atoms with Crippen LogP contribution in [-0.4, -0.2) is 31.5 Å². The second kappa shape index (κ2) is 9.84. The fourth-order valence-electron chi connectivity index (χ4n) is 1.86. The predicted molar refractivity (Wildman–Crippen MR) is 93.7 cm³/mol. The zero-order valence-corrected chi connectivity index (χ0v) is 15.0. The normalized spacial score (nSPS) is 12.0. The number of non-ortho nitro benzene ring substituents is 1. The Kier molecular flexibility index (Phi) is 8.16. The molecule has 0 bridgehead atoms. The van der Waals surface area contributed by atoms with Gasteiger partial charge >= 0.3 is 0 Å². The van der Waals surface area contributed by atoms with Gasteiger partial charge in [0, 0.05) is 17.8 Å². The lowest BCUT2D eigenvalue weighted by molar-refractivity contribution is -0.384. The number of nitro groups is 1. The summed E-state index contributed by atoms with van der Waals surface area (Å²) < 4.78 is 26.2. The lowest BCUT2D eigenvalue weighted by atomic mass is 10.1. The van der Waals surface area contributed by atoms with Gasteiger partial charge in [-0.2, -0.15) is 5.10 Å².